The Morgan fingerprint density at radius 1 is 1.11 bits per heavy atom. The number of ether oxygens (including phenoxy) is 1. The third-order valence-corrected chi connectivity index (χ3v) is 3.88. The zero-order valence-corrected chi connectivity index (χ0v) is 11.3. The van der Waals surface area contributed by atoms with Crippen molar-refractivity contribution in [3.05, 3.63) is 35.9 Å². The highest BCUT2D eigenvalue weighted by Crippen LogP contribution is 2.34. The fraction of sp³-hybridized carbons (Fsp3) is 0.562. The molecule has 1 N–H and O–H groups in total. The summed E-state index contributed by atoms with van der Waals surface area (Å²) in [6, 6.07) is 9.98. The summed E-state index contributed by atoms with van der Waals surface area (Å²) in [6.07, 6.45) is 6.38. The molecule has 0 unspecified atom stereocenters. The molecular weight excluding hydrogens is 240 g/mol. The van der Waals surface area contributed by atoms with E-state index < -0.39 is 11.6 Å². The first-order chi connectivity index (χ1) is 9.20. The molecular formula is C16H22O3. The van der Waals surface area contributed by atoms with E-state index in [9.17, 15) is 4.79 Å². The van der Waals surface area contributed by atoms with Gasteiger partial charge < -0.3 is 9.84 Å². The third kappa shape index (κ3) is 4.35. The zero-order valence-electron chi connectivity index (χ0n) is 11.3. The monoisotopic (exact) mass is 262 g/mol. The maximum Gasteiger partial charge on any atom is 0.306 e. The number of aliphatic carboxylic acids is 1. The summed E-state index contributed by atoms with van der Waals surface area (Å²) in [5.41, 5.74) is 0.648. The fourth-order valence-electron chi connectivity index (χ4n) is 2.83. The Balaban J connectivity index is 2.02. The Kier molecular flexibility index (Phi) is 4.97. The lowest BCUT2D eigenvalue weighted by Gasteiger charge is -2.31. The van der Waals surface area contributed by atoms with Crippen LogP contribution in [0.4, 0.5) is 0 Å². The van der Waals surface area contributed by atoms with Crippen LogP contribution in [-0.4, -0.2) is 16.7 Å². The Bertz CT molecular complexity index is 392. The van der Waals surface area contributed by atoms with Gasteiger partial charge in [0.15, 0.2) is 0 Å². The molecule has 0 radical (unpaired) electrons. The molecule has 0 saturated heterocycles. The van der Waals surface area contributed by atoms with Gasteiger partial charge in [-0.05, 0) is 18.4 Å². The van der Waals surface area contributed by atoms with Crippen molar-refractivity contribution in [2.24, 2.45) is 0 Å². The largest absolute Gasteiger partial charge is 0.481 e. The summed E-state index contributed by atoms with van der Waals surface area (Å²) >= 11 is 0. The van der Waals surface area contributed by atoms with Gasteiger partial charge in [0.05, 0.1) is 18.6 Å². The molecule has 1 aliphatic carbocycles. The van der Waals surface area contributed by atoms with Crippen molar-refractivity contribution in [1.29, 1.82) is 0 Å². The van der Waals surface area contributed by atoms with Gasteiger partial charge in [-0.1, -0.05) is 56.0 Å². The number of carboxylic acid groups (broad SMARTS) is 1. The molecule has 0 atom stereocenters. The van der Waals surface area contributed by atoms with Gasteiger partial charge in [0.2, 0.25) is 0 Å². The van der Waals surface area contributed by atoms with Crippen molar-refractivity contribution in [2.75, 3.05) is 0 Å². The minimum atomic E-state index is -0.755. The molecule has 0 amide bonds. The van der Waals surface area contributed by atoms with E-state index in [1.54, 1.807) is 0 Å². The number of carbonyl (C=O) groups is 1. The molecule has 1 aromatic rings. The summed E-state index contributed by atoms with van der Waals surface area (Å²) < 4.78 is 6.07. The molecule has 0 spiro atoms. The van der Waals surface area contributed by atoms with Crippen LogP contribution >= 0.6 is 0 Å². The molecule has 3 nitrogen and oxygen atoms in total. The van der Waals surface area contributed by atoms with Crippen LogP contribution in [0, 0.1) is 0 Å². The smallest absolute Gasteiger partial charge is 0.306 e. The highest BCUT2D eigenvalue weighted by molar-refractivity contribution is 5.68. The van der Waals surface area contributed by atoms with E-state index in [1.165, 1.54) is 12.8 Å². The van der Waals surface area contributed by atoms with E-state index in [2.05, 4.69) is 0 Å². The van der Waals surface area contributed by atoms with Crippen molar-refractivity contribution in [3.63, 3.8) is 0 Å². The van der Waals surface area contributed by atoms with Crippen molar-refractivity contribution >= 4 is 5.97 Å². The van der Waals surface area contributed by atoms with Crippen LogP contribution < -0.4 is 0 Å². The van der Waals surface area contributed by atoms with Crippen LogP contribution in [0.1, 0.15) is 50.5 Å². The van der Waals surface area contributed by atoms with Crippen molar-refractivity contribution in [2.45, 2.75) is 57.2 Å². The van der Waals surface area contributed by atoms with Crippen LogP contribution in [0.2, 0.25) is 0 Å². The Labute approximate surface area is 114 Å². The lowest BCUT2D eigenvalue weighted by atomic mass is 9.90. The van der Waals surface area contributed by atoms with Gasteiger partial charge in [-0.2, -0.15) is 0 Å². The van der Waals surface area contributed by atoms with E-state index in [1.807, 2.05) is 30.3 Å². The second-order valence-electron chi connectivity index (χ2n) is 5.44. The first-order valence-electron chi connectivity index (χ1n) is 7.10. The topological polar surface area (TPSA) is 46.5 Å². The normalized spacial score (nSPS) is 18.7. The summed E-state index contributed by atoms with van der Waals surface area (Å²) in [5.74, 6) is -0.755. The van der Waals surface area contributed by atoms with Crippen LogP contribution in [-0.2, 0) is 16.1 Å². The number of carboxylic acids is 1. The second kappa shape index (κ2) is 6.71. The Morgan fingerprint density at radius 2 is 1.74 bits per heavy atom. The van der Waals surface area contributed by atoms with Crippen LogP contribution in [0.5, 0.6) is 0 Å². The minimum absolute atomic E-state index is 0.125. The first-order valence-corrected chi connectivity index (χ1v) is 7.10. The predicted octanol–water partition coefficient (Wildman–Crippen LogP) is 3.77. The molecule has 0 aliphatic heterocycles. The van der Waals surface area contributed by atoms with E-state index in [0.717, 1.165) is 31.2 Å². The molecule has 2 rings (SSSR count). The highest BCUT2D eigenvalue weighted by atomic mass is 16.5. The maximum atomic E-state index is 11.1. The van der Waals surface area contributed by atoms with Gasteiger partial charge in [0.1, 0.15) is 0 Å². The van der Waals surface area contributed by atoms with Crippen molar-refractivity contribution in [1.82, 2.24) is 0 Å². The van der Waals surface area contributed by atoms with Crippen LogP contribution in [0.25, 0.3) is 0 Å². The van der Waals surface area contributed by atoms with Gasteiger partial charge in [-0.15, -0.1) is 0 Å². The molecule has 0 aromatic heterocycles. The fourth-order valence-corrected chi connectivity index (χ4v) is 2.83. The number of benzene rings is 1. The highest BCUT2D eigenvalue weighted by Gasteiger charge is 2.34. The molecule has 3 heteroatoms. The molecule has 0 heterocycles. The lowest BCUT2D eigenvalue weighted by Crippen LogP contribution is -2.34. The molecule has 1 fully saturated rings. The van der Waals surface area contributed by atoms with E-state index in [-0.39, 0.29) is 6.42 Å². The van der Waals surface area contributed by atoms with Gasteiger partial charge in [0.25, 0.3) is 0 Å². The van der Waals surface area contributed by atoms with Gasteiger partial charge in [-0.3, -0.25) is 4.79 Å². The van der Waals surface area contributed by atoms with Crippen LogP contribution in [0.3, 0.4) is 0 Å². The number of hydrogen-bond donors (Lipinski definition) is 1. The molecule has 0 bridgehead atoms. The van der Waals surface area contributed by atoms with Gasteiger partial charge in [-0.25, -0.2) is 0 Å². The predicted molar refractivity (Wildman–Crippen MR) is 73.9 cm³/mol. The Morgan fingerprint density at radius 3 is 2.32 bits per heavy atom. The average Bonchev–Trinajstić information content (AvgIpc) is 2.63. The van der Waals surface area contributed by atoms with Crippen molar-refractivity contribution < 1.29 is 14.6 Å². The summed E-state index contributed by atoms with van der Waals surface area (Å²) in [4.78, 5) is 11.1. The average molecular weight is 262 g/mol. The zero-order chi connectivity index (χ0) is 13.6. The quantitative estimate of drug-likeness (QED) is 0.822. The summed E-state index contributed by atoms with van der Waals surface area (Å²) in [6.45, 7) is 0.508. The molecule has 104 valence electrons. The summed E-state index contributed by atoms with van der Waals surface area (Å²) in [7, 11) is 0. The number of hydrogen-bond acceptors (Lipinski definition) is 2. The number of rotatable bonds is 5. The standard InChI is InChI=1S/C16H22O3/c17-15(18)12-16(10-6-1-2-7-11-16)19-13-14-8-4-3-5-9-14/h3-5,8-9H,1-2,6-7,10-13H2,(H,17,18). The molecule has 1 aromatic carbocycles. The second-order valence-corrected chi connectivity index (χ2v) is 5.44. The van der Waals surface area contributed by atoms with Crippen molar-refractivity contribution in [3.8, 4) is 0 Å². The van der Waals surface area contributed by atoms with E-state index in [0.29, 0.717) is 6.61 Å². The summed E-state index contributed by atoms with van der Waals surface area (Å²) in [5, 5.41) is 9.14. The van der Waals surface area contributed by atoms with Gasteiger partial charge >= 0.3 is 5.97 Å². The van der Waals surface area contributed by atoms with Crippen LogP contribution in [0.15, 0.2) is 30.3 Å². The molecule has 1 saturated carbocycles. The molecule has 1 aliphatic rings. The SMILES string of the molecule is O=C(O)CC1(OCc2ccccc2)CCCCCC1. The maximum absolute atomic E-state index is 11.1. The van der Waals surface area contributed by atoms with E-state index >= 15 is 0 Å². The first kappa shape index (κ1) is 14.1. The minimum Gasteiger partial charge on any atom is -0.481 e. The van der Waals surface area contributed by atoms with Gasteiger partial charge in [0, 0.05) is 0 Å². The van der Waals surface area contributed by atoms with E-state index in [4.69, 9.17) is 9.84 Å². The lowest BCUT2D eigenvalue weighted by molar-refractivity contribution is -0.148. The Hall–Kier alpha value is -1.35. The molecule has 19 heavy (non-hydrogen) atoms. The third-order valence-electron chi connectivity index (χ3n) is 3.88.